The SMILES string of the molecule is N#Cc1cc(-n2c3cc4c5ccccc5n(-c5ccccc5)c4cc3c3cccc(-n4c5ccccc5c5ccccc54)c32)c(C#N)cc1-n1c2cc3c4ccccc4n(-c4ccccc4)c3cc2c2cccc(-n3c4ccccc4c4ccccc43)c21. The van der Waals surface area contributed by atoms with Crippen molar-refractivity contribution in [3.8, 4) is 46.3 Å². The normalized spacial score (nSPS) is 12.1. The molecule has 0 bridgehead atoms. The van der Waals surface area contributed by atoms with Crippen LogP contribution in [0.4, 0.5) is 0 Å². The minimum atomic E-state index is 0.419. The van der Waals surface area contributed by atoms with Gasteiger partial charge in [-0.3, -0.25) is 0 Å². The van der Waals surface area contributed by atoms with Gasteiger partial charge < -0.3 is 27.4 Å². The van der Waals surface area contributed by atoms with Gasteiger partial charge in [0.25, 0.3) is 0 Å². The van der Waals surface area contributed by atoms with E-state index in [9.17, 15) is 10.5 Å². The summed E-state index contributed by atoms with van der Waals surface area (Å²) in [6.45, 7) is 0. The van der Waals surface area contributed by atoms with Crippen molar-refractivity contribution in [1.82, 2.24) is 27.4 Å². The number of hydrogen-bond donors (Lipinski definition) is 0. The summed E-state index contributed by atoms with van der Waals surface area (Å²) in [7, 11) is 0. The van der Waals surface area contributed by atoms with Gasteiger partial charge in [0.15, 0.2) is 0 Å². The summed E-state index contributed by atoms with van der Waals surface area (Å²) >= 11 is 0. The molecule has 0 N–H and O–H groups in total. The Hall–Kier alpha value is -12.4. The lowest BCUT2D eigenvalue weighted by molar-refractivity contribution is 1.10. The largest absolute Gasteiger partial charge is 0.309 e. The first-order valence-electron chi connectivity index (χ1n) is 29.7. The highest BCUT2D eigenvalue weighted by Crippen LogP contribution is 2.47. The molecule has 13 aromatic carbocycles. The van der Waals surface area contributed by atoms with Crippen LogP contribution in [0.2, 0.25) is 0 Å². The molecule has 0 aliphatic rings. The second-order valence-corrected chi connectivity index (χ2v) is 23.0. The minimum absolute atomic E-state index is 0.419. The number of rotatable bonds is 6. The van der Waals surface area contributed by atoms with Gasteiger partial charge in [0.05, 0.1) is 100 Å². The van der Waals surface area contributed by atoms with Crippen molar-refractivity contribution in [2.75, 3.05) is 0 Å². The molecule has 6 heterocycles. The van der Waals surface area contributed by atoms with E-state index in [1.165, 1.54) is 0 Å². The molecule has 6 aromatic heterocycles. The maximum Gasteiger partial charge on any atom is 0.101 e. The van der Waals surface area contributed by atoms with E-state index in [-0.39, 0.29) is 0 Å². The van der Waals surface area contributed by atoms with Crippen LogP contribution in [0.5, 0.6) is 0 Å². The number of fused-ring (bicyclic) bond motifs is 18. The first kappa shape index (κ1) is 48.1. The van der Waals surface area contributed by atoms with E-state index in [0.29, 0.717) is 22.5 Å². The third-order valence-corrected chi connectivity index (χ3v) is 18.6. The zero-order valence-corrected chi connectivity index (χ0v) is 47.1. The molecule has 0 saturated carbocycles. The molecule has 8 heteroatoms. The zero-order chi connectivity index (χ0) is 57.9. The van der Waals surface area contributed by atoms with Crippen LogP contribution in [0.15, 0.2) is 279 Å². The van der Waals surface area contributed by atoms with Crippen LogP contribution >= 0.6 is 0 Å². The van der Waals surface area contributed by atoms with Crippen molar-refractivity contribution in [2.24, 2.45) is 0 Å². The van der Waals surface area contributed by atoms with Crippen LogP contribution in [0, 0.1) is 22.7 Å². The van der Waals surface area contributed by atoms with E-state index >= 15 is 0 Å². The Morgan fingerprint density at radius 1 is 0.193 bits per heavy atom. The van der Waals surface area contributed by atoms with Crippen molar-refractivity contribution in [1.29, 1.82) is 10.5 Å². The Morgan fingerprint density at radius 2 is 0.455 bits per heavy atom. The molecule has 0 atom stereocenters. The topological polar surface area (TPSA) is 77.2 Å². The van der Waals surface area contributed by atoms with Gasteiger partial charge in [0.1, 0.15) is 12.1 Å². The fourth-order valence-corrected chi connectivity index (χ4v) is 15.1. The molecule has 88 heavy (non-hydrogen) atoms. The Morgan fingerprint density at radius 3 is 0.784 bits per heavy atom. The van der Waals surface area contributed by atoms with E-state index in [1.807, 2.05) is 12.1 Å². The lowest BCUT2D eigenvalue weighted by atomic mass is 10.1. The predicted octanol–water partition coefficient (Wildman–Crippen LogP) is 20.0. The lowest BCUT2D eigenvalue weighted by Gasteiger charge is -2.19. The molecule has 0 radical (unpaired) electrons. The van der Waals surface area contributed by atoms with Gasteiger partial charge >= 0.3 is 0 Å². The van der Waals surface area contributed by atoms with Gasteiger partial charge in [-0.2, -0.15) is 10.5 Å². The quantitative estimate of drug-likeness (QED) is 0.166. The highest BCUT2D eigenvalue weighted by Gasteiger charge is 2.28. The molecule has 0 fully saturated rings. The van der Waals surface area contributed by atoms with E-state index < -0.39 is 0 Å². The van der Waals surface area contributed by atoms with Crippen molar-refractivity contribution in [3.63, 3.8) is 0 Å². The fraction of sp³-hybridized carbons (Fsp3) is 0. The van der Waals surface area contributed by atoms with Gasteiger partial charge in [-0.25, -0.2) is 0 Å². The van der Waals surface area contributed by atoms with Crippen molar-refractivity contribution in [3.05, 3.63) is 290 Å². The van der Waals surface area contributed by atoms with Gasteiger partial charge in [-0.1, -0.05) is 170 Å². The van der Waals surface area contributed by atoms with E-state index in [0.717, 1.165) is 154 Å². The first-order valence-corrected chi connectivity index (χ1v) is 29.7. The maximum atomic E-state index is 12.1. The predicted molar refractivity (Wildman–Crippen MR) is 362 cm³/mol. The number of nitriles is 2. The summed E-state index contributed by atoms with van der Waals surface area (Å²) < 4.78 is 14.0. The minimum Gasteiger partial charge on any atom is -0.309 e. The summed E-state index contributed by atoms with van der Waals surface area (Å²) in [6, 6.07) is 105. The molecule has 0 saturated heterocycles. The number of benzene rings is 13. The molecule has 406 valence electrons. The number of aromatic nitrogens is 6. The van der Waals surface area contributed by atoms with Crippen molar-refractivity contribution in [2.45, 2.75) is 0 Å². The molecule has 19 rings (SSSR count). The Bertz CT molecular complexity index is 5830. The molecule has 0 aliphatic heterocycles. The molecule has 19 aromatic rings. The Kier molecular flexibility index (Phi) is 9.87. The standard InChI is InChI=1S/C80H46N8/c81-47-49-42-74(88-78-44-62-58-30-12-14-34-66(58)84(52-23-5-2-6-24-52)76(62)46-64(78)60-32-20-40-72(80(60)88)86-69-37-17-9-27-55(69)56-28-10-18-38-70(56)86)50(48-82)41-73(49)87-77-43-61-57-29-11-13-33-65(57)83(51-21-3-1-4-22-51)75(61)45-63(77)59-31-19-39-71(79(59)87)85-67-35-15-7-25-53(67)54-26-8-16-36-68(54)85/h1-46H. The second kappa shape index (κ2) is 18.1. The summed E-state index contributed by atoms with van der Waals surface area (Å²) in [4.78, 5) is 0. The van der Waals surface area contributed by atoms with E-state index in [2.05, 4.69) is 306 Å². The molecule has 8 nitrogen and oxygen atoms in total. The van der Waals surface area contributed by atoms with E-state index in [4.69, 9.17) is 0 Å². The van der Waals surface area contributed by atoms with Gasteiger partial charge in [-0.05, 0) is 109 Å². The molecular weight excluding hydrogens is 1070 g/mol. The molecule has 0 amide bonds. The molecule has 0 spiro atoms. The maximum absolute atomic E-state index is 12.1. The summed E-state index contributed by atoms with van der Waals surface area (Å²) in [6.07, 6.45) is 0. The fourth-order valence-electron chi connectivity index (χ4n) is 15.1. The average Bonchev–Trinajstić information content (AvgIpc) is 1.59. The van der Waals surface area contributed by atoms with Gasteiger partial charge in [-0.15, -0.1) is 0 Å². The molecular formula is C80H46N8. The summed E-state index contributed by atoms with van der Waals surface area (Å²) in [5.41, 5.74) is 18.4. The van der Waals surface area contributed by atoms with E-state index in [1.54, 1.807) is 0 Å². The zero-order valence-electron chi connectivity index (χ0n) is 47.1. The van der Waals surface area contributed by atoms with Crippen molar-refractivity contribution >= 4 is 131 Å². The Balaban J connectivity index is 0.962. The molecule has 0 unspecified atom stereocenters. The third-order valence-electron chi connectivity index (χ3n) is 18.6. The van der Waals surface area contributed by atoms with Crippen LogP contribution in [-0.4, -0.2) is 27.4 Å². The monoisotopic (exact) mass is 1120 g/mol. The van der Waals surface area contributed by atoms with Gasteiger partial charge in [0.2, 0.25) is 0 Å². The van der Waals surface area contributed by atoms with Crippen LogP contribution in [0.25, 0.3) is 165 Å². The summed E-state index contributed by atoms with van der Waals surface area (Å²) in [5.74, 6) is 0. The second-order valence-electron chi connectivity index (χ2n) is 23.0. The van der Waals surface area contributed by atoms with Gasteiger partial charge in [0, 0.05) is 76.0 Å². The third kappa shape index (κ3) is 6.44. The number of hydrogen-bond acceptors (Lipinski definition) is 2. The van der Waals surface area contributed by atoms with Crippen LogP contribution < -0.4 is 0 Å². The first-order chi connectivity index (χ1) is 43.6. The number of nitrogens with zero attached hydrogens (tertiary/aromatic N) is 8. The smallest absolute Gasteiger partial charge is 0.101 e. The number of para-hydroxylation sites is 10. The van der Waals surface area contributed by atoms with Crippen LogP contribution in [0.1, 0.15) is 11.1 Å². The Labute approximate surface area is 502 Å². The van der Waals surface area contributed by atoms with Crippen LogP contribution in [-0.2, 0) is 0 Å². The summed E-state index contributed by atoms with van der Waals surface area (Å²) in [5, 5.41) is 37.2. The lowest BCUT2D eigenvalue weighted by Crippen LogP contribution is -2.07. The van der Waals surface area contributed by atoms with Crippen molar-refractivity contribution < 1.29 is 0 Å². The molecule has 0 aliphatic carbocycles. The highest BCUT2D eigenvalue weighted by molar-refractivity contribution is 6.23. The average molecular weight is 1120 g/mol. The highest BCUT2D eigenvalue weighted by atomic mass is 15.1. The van der Waals surface area contributed by atoms with Crippen LogP contribution in [0.3, 0.4) is 0 Å².